The van der Waals surface area contributed by atoms with Crippen LogP contribution in [0.4, 0.5) is 11.4 Å². The number of para-hydroxylation sites is 2. The lowest BCUT2D eigenvalue weighted by molar-refractivity contribution is 0.102. The first-order valence-electron chi connectivity index (χ1n) is 7.73. The highest BCUT2D eigenvalue weighted by atomic mass is 35.5. The van der Waals surface area contributed by atoms with Gasteiger partial charge in [0.15, 0.2) is 0 Å². The molecule has 23 heavy (non-hydrogen) atoms. The van der Waals surface area contributed by atoms with Crippen LogP contribution in [-0.2, 0) is 0 Å². The van der Waals surface area contributed by atoms with Gasteiger partial charge < -0.3 is 15.3 Å². The third-order valence-corrected chi connectivity index (χ3v) is 4.41. The molecule has 1 fully saturated rings. The Morgan fingerprint density at radius 3 is 2.48 bits per heavy atom. The Hall–Kier alpha value is -2.04. The molecule has 0 saturated carbocycles. The first-order chi connectivity index (χ1) is 11.1. The summed E-state index contributed by atoms with van der Waals surface area (Å²) in [4.78, 5) is 14.7. The van der Waals surface area contributed by atoms with Crippen molar-refractivity contribution in [1.29, 1.82) is 0 Å². The summed E-state index contributed by atoms with van der Waals surface area (Å²) < 4.78 is 0. The van der Waals surface area contributed by atoms with E-state index < -0.39 is 0 Å². The quantitative estimate of drug-likeness (QED) is 0.904. The van der Waals surface area contributed by atoms with E-state index in [0.717, 1.165) is 37.3 Å². The molecule has 3 rings (SSSR count). The SMILES string of the molecule is O=C(Nc1ccccc1N1CCC(O)CC1)c1ccccc1Cl. The number of piperidine rings is 1. The largest absolute Gasteiger partial charge is 0.393 e. The number of benzene rings is 2. The molecule has 1 saturated heterocycles. The Labute approximate surface area is 140 Å². The normalized spacial score (nSPS) is 15.5. The van der Waals surface area contributed by atoms with Crippen LogP contribution in [0.25, 0.3) is 0 Å². The lowest BCUT2D eigenvalue weighted by Crippen LogP contribution is -2.36. The van der Waals surface area contributed by atoms with Crippen molar-refractivity contribution in [2.75, 3.05) is 23.3 Å². The second kappa shape index (κ2) is 7.02. The van der Waals surface area contributed by atoms with Gasteiger partial charge in [-0.25, -0.2) is 0 Å². The van der Waals surface area contributed by atoms with Crippen molar-refractivity contribution in [3.8, 4) is 0 Å². The van der Waals surface area contributed by atoms with Crippen molar-refractivity contribution in [3.63, 3.8) is 0 Å². The number of amides is 1. The number of halogens is 1. The van der Waals surface area contributed by atoms with Gasteiger partial charge in [-0.3, -0.25) is 4.79 Å². The van der Waals surface area contributed by atoms with Crippen LogP contribution in [0.3, 0.4) is 0 Å². The lowest BCUT2D eigenvalue weighted by atomic mass is 10.1. The van der Waals surface area contributed by atoms with Gasteiger partial charge in [-0.2, -0.15) is 0 Å². The van der Waals surface area contributed by atoms with E-state index >= 15 is 0 Å². The van der Waals surface area contributed by atoms with Crippen LogP contribution in [-0.4, -0.2) is 30.2 Å². The number of rotatable bonds is 3. The van der Waals surface area contributed by atoms with E-state index in [2.05, 4.69) is 10.2 Å². The summed E-state index contributed by atoms with van der Waals surface area (Å²) in [5, 5.41) is 13.0. The summed E-state index contributed by atoms with van der Waals surface area (Å²) in [6.45, 7) is 1.56. The van der Waals surface area contributed by atoms with Gasteiger partial charge in [0.05, 0.1) is 28.1 Å². The van der Waals surface area contributed by atoms with Gasteiger partial charge in [-0.05, 0) is 37.1 Å². The number of hydrogen-bond acceptors (Lipinski definition) is 3. The molecule has 0 radical (unpaired) electrons. The summed E-state index contributed by atoms with van der Waals surface area (Å²) >= 11 is 6.09. The highest BCUT2D eigenvalue weighted by Gasteiger charge is 2.20. The van der Waals surface area contributed by atoms with E-state index in [-0.39, 0.29) is 12.0 Å². The number of aliphatic hydroxyl groups excluding tert-OH is 1. The topological polar surface area (TPSA) is 52.6 Å². The van der Waals surface area contributed by atoms with Crippen molar-refractivity contribution in [2.45, 2.75) is 18.9 Å². The van der Waals surface area contributed by atoms with E-state index in [1.165, 1.54) is 0 Å². The zero-order valence-corrected chi connectivity index (χ0v) is 13.5. The van der Waals surface area contributed by atoms with Crippen LogP contribution in [0.2, 0.25) is 5.02 Å². The molecule has 1 aliphatic rings. The number of hydrogen-bond donors (Lipinski definition) is 2. The van der Waals surface area contributed by atoms with Gasteiger partial charge in [0.2, 0.25) is 0 Å². The zero-order valence-electron chi connectivity index (χ0n) is 12.7. The maximum atomic E-state index is 12.5. The standard InChI is InChI=1S/C18H19ClN2O2/c19-15-6-2-1-5-14(15)18(23)20-16-7-3-4-8-17(16)21-11-9-13(22)10-12-21/h1-8,13,22H,9-12H2,(H,20,23). The first-order valence-corrected chi connectivity index (χ1v) is 8.11. The van der Waals surface area contributed by atoms with Crippen LogP contribution in [0.1, 0.15) is 23.2 Å². The molecule has 2 aromatic carbocycles. The molecule has 4 nitrogen and oxygen atoms in total. The lowest BCUT2D eigenvalue weighted by Gasteiger charge is -2.32. The third kappa shape index (κ3) is 3.66. The molecule has 0 spiro atoms. The van der Waals surface area contributed by atoms with Gasteiger partial charge in [-0.15, -0.1) is 0 Å². The zero-order chi connectivity index (χ0) is 16.2. The smallest absolute Gasteiger partial charge is 0.257 e. The van der Waals surface area contributed by atoms with Crippen molar-refractivity contribution in [3.05, 3.63) is 59.1 Å². The van der Waals surface area contributed by atoms with E-state index in [1.807, 2.05) is 24.3 Å². The Morgan fingerprint density at radius 2 is 1.74 bits per heavy atom. The number of carbonyl (C=O) groups is 1. The van der Waals surface area contributed by atoms with Crippen molar-refractivity contribution in [1.82, 2.24) is 0 Å². The molecule has 0 bridgehead atoms. The molecular formula is C18H19ClN2O2. The van der Waals surface area contributed by atoms with Crippen molar-refractivity contribution >= 4 is 28.9 Å². The summed E-state index contributed by atoms with van der Waals surface area (Å²) in [5.41, 5.74) is 2.19. The average Bonchev–Trinajstić information content (AvgIpc) is 2.56. The number of aliphatic hydroxyl groups is 1. The molecule has 0 atom stereocenters. The first kappa shape index (κ1) is 15.8. The van der Waals surface area contributed by atoms with Crippen molar-refractivity contribution < 1.29 is 9.90 Å². The van der Waals surface area contributed by atoms with E-state index in [0.29, 0.717) is 10.6 Å². The highest BCUT2D eigenvalue weighted by Crippen LogP contribution is 2.29. The fraction of sp³-hybridized carbons (Fsp3) is 0.278. The molecule has 1 amide bonds. The van der Waals surface area contributed by atoms with Crippen LogP contribution in [0, 0.1) is 0 Å². The van der Waals surface area contributed by atoms with Crippen LogP contribution >= 0.6 is 11.6 Å². The summed E-state index contributed by atoms with van der Waals surface area (Å²) in [6.07, 6.45) is 1.26. The fourth-order valence-corrected chi connectivity index (χ4v) is 3.02. The predicted molar refractivity (Wildman–Crippen MR) is 93.3 cm³/mol. The number of nitrogens with zero attached hydrogens (tertiary/aromatic N) is 1. The second-order valence-electron chi connectivity index (χ2n) is 5.67. The maximum Gasteiger partial charge on any atom is 0.257 e. The molecule has 1 heterocycles. The van der Waals surface area contributed by atoms with Gasteiger partial charge in [0.1, 0.15) is 0 Å². The van der Waals surface area contributed by atoms with E-state index in [4.69, 9.17) is 11.6 Å². The van der Waals surface area contributed by atoms with Crippen molar-refractivity contribution in [2.24, 2.45) is 0 Å². The Kier molecular flexibility index (Phi) is 4.84. The van der Waals surface area contributed by atoms with Gasteiger partial charge in [0, 0.05) is 13.1 Å². The van der Waals surface area contributed by atoms with E-state index in [1.54, 1.807) is 24.3 Å². The number of anilines is 2. The van der Waals surface area contributed by atoms with Gasteiger partial charge in [0.25, 0.3) is 5.91 Å². The summed E-state index contributed by atoms with van der Waals surface area (Å²) in [5.74, 6) is -0.222. The molecule has 2 N–H and O–H groups in total. The number of nitrogens with one attached hydrogen (secondary N) is 1. The molecule has 120 valence electrons. The molecule has 5 heteroatoms. The molecular weight excluding hydrogens is 312 g/mol. The highest BCUT2D eigenvalue weighted by molar-refractivity contribution is 6.34. The molecule has 1 aliphatic heterocycles. The Bertz CT molecular complexity index is 697. The Balaban J connectivity index is 1.81. The molecule has 2 aromatic rings. The predicted octanol–water partition coefficient (Wildman–Crippen LogP) is 3.55. The van der Waals surface area contributed by atoms with Crippen LogP contribution in [0.5, 0.6) is 0 Å². The monoisotopic (exact) mass is 330 g/mol. The van der Waals surface area contributed by atoms with E-state index in [9.17, 15) is 9.90 Å². The van der Waals surface area contributed by atoms with Crippen LogP contribution in [0.15, 0.2) is 48.5 Å². The molecule has 0 unspecified atom stereocenters. The van der Waals surface area contributed by atoms with Crippen LogP contribution < -0.4 is 10.2 Å². The van der Waals surface area contributed by atoms with Gasteiger partial charge >= 0.3 is 0 Å². The minimum Gasteiger partial charge on any atom is -0.393 e. The summed E-state index contributed by atoms with van der Waals surface area (Å²) in [7, 11) is 0. The third-order valence-electron chi connectivity index (χ3n) is 4.08. The second-order valence-corrected chi connectivity index (χ2v) is 6.08. The molecule has 0 aromatic heterocycles. The Morgan fingerprint density at radius 1 is 1.09 bits per heavy atom. The maximum absolute atomic E-state index is 12.5. The fourth-order valence-electron chi connectivity index (χ4n) is 2.80. The summed E-state index contributed by atoms with van der Waals surface area (Å²) in [6, 6.07) is 14.7. The average molecular weight is 331 g/mol. The minimum atomic E-state index is -0.226. The minimum absolute atomic E-state index is 0.222. The van der Waals surface area contributed by atoms with Gasteiger partial charge in [-0.1, -0.05) is 35.9 Å². The number of carbonyl (C=O) groups excluding carboxylic acids is 1. The molecule has 0 aliphatic carbocycles.